The molecule has 0 saturated carbocycles. The number of hydrogen-bond donors (Lipinski definition) is 2. The molecule has 6 heteroatoms. The van der Waals surface area contributed by atoms with E-state index in [1.165, 1.54) is 19.3 Å². The van der Waals surface area contributed by atoms with Gasteiger partial charge in [-0.05, 0) is 47.9 Å². The fourth-order valence-electron chi connectivity index (χ4n) is 2.16. The SMILES string of the molecule is CCc1ccc(NC(=O)/C(C#N)=C/c2cc(OC)c(O)cc2Br)cc1. The monoisotopic (exact) mass is 400 g/mol. The number of methoxy groups -OCH3 is 1. The molecule has 0 aromatic heterocycles. The number of anilines is 1. The summed E-state index contributed by atoms with van der Waals surface area (Å²) in [5, 5.41) is 21.7. The second-order valence-electron chi connectivity index (χ2n) is 5.22. The Morgan fingerprint density at radius 3 is 2.60 bits per heavy atom. The van der Waals surface area contributed by atoms with Crippen LogP contribution in [0.2, 0.25) is 0 Å². The minimum Gasteiger partial charge on any atom is -0.504 e. The lowest BCUT2D eigenvalue weighted by Crippen LogP contribution is -2.13. The van der Waals surface area contributed by atoms with Gasteiger partial charge >= 0.3 is 0 Å². The topological polar surface area (TPSA) is 82.4 Å². The van der Waals surface area contributed by atoms with Crippen molar-refractivity contribution in [1.29, 1.82) is 5.26 Å². The van der Waals surface area contributed by atoms with Crippen LogP contribution in [0.25, 0.3) is 6.08 Å². The van der Waals surface area contributed by atoms with Crippen LogP contribution in [0.3, 0.4) is 0 Å². The van der Waals surface area contributed by atoms with Crippen LogP contribution in [0.4, 0.5) is 5.69 Å². The van der Waals surface area contributed by atoms with Gasteiger partial charge in [-0.2, -0.15) is 5.26 Å². The Balaban J connectivity index is 2.27. The molecule has 2 rings (SSSR count). The zero-order valence-electron chi connectivity index (χ0n) is 13.8. The molecule has 0 spiro atoms. The molecule has 0 atom stereocenters. The zero-order chi connectivity index (χ0) is 18.4. The van der Waals surface area contributed by atoms with E-state index in [4.69, 9.17) is 4.74 Å². The minimum absolute atomic E-state index is 0.0366. The highest BCUT2D eigenvalue weighted by Crippen LogP contribution is 2.33. The summed E-state index contributed by atoms with van der Waals surface area (Å²) in [4.78, 5) is 12.3. The molecular weight excluding hydrogens is 384 g/mol. The maximum absolute atomic E-state index is 12.3. The highest BCUT2D eigenvalue weighted by Gasteiger charge is 2.12. The van der Waals surface area contributed by atoms with Gasteiger partial charge < -0.3 is 15.2 Å². The maximum Gasteiger partial charge on any atom is 0.266 e. The van der Waals surface area contributed by atoms with Crippen molar-refractivity contribution in [2.24, 2.45) is 0 Å². The first-order valence-electron chi connectivity index (χ1n) is 7.57. The maximum atomic E-state index is 12.3. The number of aryl methyl sites for hydroxylation is 1. The number of phenolic OH excluding ortho intramolecular Hbond substituents is 1. The van der Waals surface area contributed by atoms with Crippen LogP contribution in [0.5, 0.6) is 11.5 Å². The van der Waals surface area contributed by atoms with Crippen LogP contribution in [0.15, 0.2) is 46.4 Å². The van der Waals surface area contributed by atoms with Crippen molar-refractivity contribution in [2.45, 2.75) is 13.3 Å². The van der Waals surface area contributed by atoms with Crippen molar-refractivity contribution in [3.63, 3.8) is 0 Å². The summed E-state index contributed by atoms with van der Waals surface area (Å²) in [7, 11) is 1.42. The molecule has 0 unspecified atom stereocenters. The number of amides is 1. The van der Waals surface area contributed by atoms with Gasteiger partial charge in [0.25, 0.3) is 5.91 Å². The molecule has 5 nitrogen and oxygen atoms in total. The van der Waals surface area contributed by atoms with E-state index in [0.29, 0.717) is 15.7 Å². The Hall–Kier alpha value is -2.78. The van der Waals surface area contributed by atoms with E-state index < -0.39 is 5.91 Å². The number of rotatable bonds is 5. The van der Waals surface area contributed by atoms with Crippen LogP contribution in [0, 0.1) is 11.3 Å². The molecule has 25 heavy (non-hydrogen) atoms. The number of ether oxygens (including phenoxy) is 1. The molecule has 2 N–H and O–H groups in total. The van der Waals surface area contributed by atoms with Gasteiger partial charge in [-0.25, -0.2) is 0 Å². The molecule has 0 aliphatic carbocycles. The van der Waals surface area contributed by atoms with E-state index in [-0.39, 0.29) is 17.1 Å². The molecule has 2 aromatic carbocycles. The van der Waals surface area contributed by atoms with Gasteiger partial charge in [0.2, 0.25) is 0 Å². The first-order valence-corrected chi connectivity index (χ1v) is 8.36. The van der Waals surface area contributed by atoms with Crippen LogP contribution >= 0.6 is 15.9 Å². The summed E-state index contributed by atoms with van der Waals surface area (Å²) in [6.07, 6.45) is 2.34. The number of benzene rings is 2. The number of aromatic hydroxyl groups is 1. The average molecular weight is 401 g/mol. The summed E-state index contributed by atoms with van der Waals surface area (Å²) in [5.41, 5.74) is 2.26. The quantitative estimate of drug-likeness (QED) is 0.579. The molecule has 128 valence electrons. The lowest BCUT2D eigenvalue weighted by molar-refractivity contribution is -0.112. The van der Waals surface area contributed by atoms with Crippen molar-refractivity contribution >= 4 is 33.6 Å². The Kier molecular flexibility index (Phi) is 6.20. The Labute approximate surface area is 154 Å². The molecule has 0 aliphatic rings. The normalized spacial score (nSPS) is 10.9. The second kappa shape index (κ2) is 8.36. The Bertz CT molecular complexity index is 852. The lowest BCUT2D eigenvalue weighted by Gasteiger charge is -2.08. The number of nitrogens with one attached hydrogen (secondary N) is 1. The van der Waals surface area contributed by atoms with Crippen molar-refractivity contribution in [3.05, 3.63) is 57.6 Å². The zero-order valence-corrected chi connectivity index (χ0v) is 15.4. The third-order valence-corrected chi connectivity index (χ3v) is 4.27. The fourth-order valence-corrected chi connectivity index (χ4v) is 2.60. The van der Waals surface area contributed by atoms with Gasteiger partial charge in [0.1, 0.15) is 11.6 Å². The van der Waals surface area contributed by atoms with Gasteiger partial charge in [0, 0.05) is 10.2 Å². The predicted molar refractivity (Wildman–Crippen MR) is 100 cm³/mol. The van der Waals surface area contributed by atoms with Crippen molar-refractivity contribution in [3.8, 4) is 17.6 Å². The number of halogens is 1. The molecular formula is C19H17BrN2O3. The predicted octanol–water partition coefficient (Wildman–Crippen LogP) is 4.27. The minimum atomic E-state index is -0.509. The summed E-state index contributed by atoms with van der Waals surface area (Å²) in [5.74, 6) is -0.293. The van der Waals surface area contributed by atoms with Gasteiger partial charge in [0.05, 0.1) is 7.11 Å². The third kappa shape index (κ3) is 4.61. The van der Waals surface area contributed by atoms with Crippen LogP contribution in [-0.4, -0.2) is 18.1 Å². The molecule has 0 heterocycles. The fraction of sp³-hybridized carbons (Fsp3) is 0.158. The average Bonchev–Trinajstić information content (AvgIpc) is 2.61. The second-order valence-corrected chi connectivity index (χ2v) is 6.07. The molecule has 0 radical (unpaired) electrons. The van der Waals surface area contributed by atoms with E-state index in [0.717, 1.165) is 12.0 Å². The van der Waals surface area contributed by atoms with E-state index in [1.54, 1.807) is 18.2 Å². The summed E-state index contributed by atoms with van der Waals surface area (Å²) >= 11 is 3.30. The highest BCUT2D eigenvalue weighted by molar-refractivity contribution is 9.10. The van der Waals surface area contributed by atoms with Crippen LogP contribution in [-0.2, 0) is 11.2 Å². The van der Waals surface area contributed by atoms with E-state index in [9.17, 15) is 15.2 Å². The lowest BCUT2D eigenvalue weighted by atomic mass is 10.1. The van der Waals surface area contributed by atoms with Crippen molar-refractivity contribution in [1.82, 2.24) is 0 Å². The van der Waals surface area contributed by atoms with E-state index in [1.807, 2.05) is 25.1 Å². The standard InChI is InChI=1S/C19H17BrN2O3/c1-3-12-4-6-15(7-5-12)22-19(24)14(11-21)8-13-9-18(25-2)17(23)10-16(13)20/h4-10,23H,3H2,1-2H3,(H,22,24)/b14-8+. The van der Waals surface area contributed by atoms with Gasteiger partial charge in [-0.15, -0.1) is 0 Å². The third-order valence-electron chi connectivity index (χ3n) is 3.58. The Morgan fingerprint density at radius 2 is 2.04 bits per heavy atom. The summed E-state index contributed by atoms with van der Waals surface area (Å²) in [6, 6.07) is 12.3. The number of carbonyl (C=O) groups is 1. The van der Waals surface area contributed by atoms with E-state index in [2.05, 4.69) is 21.2 Å². The van der Waals surface area contributed by atoms with E-state index >= 15 is 0 Å². The van der Waals surface area contributed by atoms with Crippen molar-refractivity contribution < 1.29 is 14.6 Å². The summed E-state index contributed by atoms with van der Waals surface area (Å²) < 4.78 is 5.59. The van der Waals surface area contributed by atoms with Gasteiger partial charge in [-0.3, -0.25) is 4.79 Å². The molecule has 0 fully saturated rings. The molecule has 0 bridgehead atoms. The number of carbonyl (C=O) groups excluding carboxylic acids is 1. The number of hydrogen-bond acceptors (Lipinski definition) is 4. The Morgan fingerprint density at radius 1 is 1.36 bits per heavy atom. The largest absolute Gasteiger partial charge is 0.504 e. The number of phenols is 1. The molecule has 0 aliphatic heterocycles. The smallest absolute Gasteiger partial charge is 0.266 e. The molecule has 0 saturated heterocycles. The first kappa shape index (κ1) is 18.6. The summed E-state index contributed by atoms with van der Waals surface area (Å²) in [6.45, 7) is 2.05. The highest BCUT2D eigenvalue weighted by atomic mass is 79.9. The van der Waals surface area contributed by atoms with Crippen molar-refractivity contribution in [2.75, 3.05) is 12.4 Å². The number of nitrogens with zero attached hydrogens (tertiary/aromatic N) is 1. The van der Waals surface area contributed by atoms with Gasteiger partial charge in [-0.1, -0.05) is 35.0 Å². The first-order chi connectivity index (χ1) is 12.0. The molecule has 1 amide bonds. The molecule has 2 aromatic rings. The number of nitriles is 1. The van der Waals surface area contributed by atoms with Crippen LogP contribution in [0.1, 0.15) is 18.1 Å². The van der Waals surface area contributed by atoms with Gasteiger partial charge in [0.15, 0.2) is 11.5 Å². The van der Waals surface area contributed by atoms with Crippen LogP contribution < -0.4 is 10.1 Å².